The third-order valence-electron chi connectivity index (χ3n) is 1.99. The van der Waals surface area contributed by atoms with Crippen molar-refractivity contribution in [2.75, 3.05) is 0 Å². The van der Waals surface area contributed by atoms with Gasteiger partial charge in [0.1, 0.15) is 17.5 Å². The normalized spacial score (nSPS) is 12.3. The Morgan fingerprint density at radius 2 is 2.13 bits per heavy atom. The highest BCUT2D eigenvalue weighted by Crippen LogP contribution is 2.23. The molecule has 0 heterocycles. The lowest BCUT2D eigenvalue weighted by atomic mass is 10.1. The van der Waals surface area contributed by atoms with E-state index in [0.29, 0.717) is 5.56 Å². The fraction of sp³-hybridized carbons (Fsp3) is 0.222. The standard InChI is InChI=1S/C9H12N2O4/c10-11-7(9(14)15)3-5-1-2-6(12)4-8(5)13/h1-2,4,7,11-13H,3,10H2,(H,14,15)/t7-/m0/s1. The zero-order valence-corrected chi connectivity index (χ0v) is 7.84. The maximum Gasteiger partial charge on any atom is 0.322 e. The molecule has 0 aliphatic heterocycles. The fourth-order valence-electron chi connectivity index (χ4n) is 1.16. The summed E-state index contributed by atoms with van der Waals surface area (Å²) in [5, 5.41) is 27.1. The average molecular weight is 212 g/mol. The van der Waals surface area contributed by atoms with E-state index in [4.69, 9.17) is 16.1 Å². The van der Waals surface area contributed by atoms with E-state index in [9.17, 15) is 9.90 Å². The molecule has 0 aromatic heterocycles. The molecule has 0 aliphatic rings. The first-order chi connectivity index (χ1) is 7.04. The number of aliphatic carboxylic acids is 1. The molecule has 1 aromatic carbocycles. The van der Waals surface area contributed by atoms with Crippen molar-refractivity contribution in [1.82, 2.24) is 5.43 Å². The Kier molecular flexibility index (Phi) is 3.48. The van der Waals surface area contributed by atoms with Crippen LogP contribution in [-0.4, -0.2) is 27.3 Å². The van der Waals surface area contributed by atoms with Crippen LogP contribution in [0.25, 0.3) is 0 Å². The van der Waals surface area contributed by atoms with Crippen LogP contribution in [0.4, 0.5) is 0 Å². The van der Waals surface area contributed by atoms with Crippen LogP contribution in [-0.2, 0) is 11.2 Å². The average Bonchev–Trinajstić information content (AvgIpc) is 2.16. The molecule has 0 saturated carbocycles. The lowest BCUT2D eigenvalue weighted by Gasteiger charge is -2.11. The van der Waals surface area contributed by atoms with Crippen LogP contribution in [0.1, 0.15) is 5.56 Å². The first kappa shape index (κ1) is 11.3. The monoisotopic (exact) mass is 212 g/mol. The van der Waals surface area contributed by atoms with E-state index in [1.54, 1.807) is 0 Å². The van der Waals surface area contributed by atoms with Crippen molar-refractivity contribution in [3.8, 4) is 11.5 Å². The van der Waals surface area contributed by atoms with Gasteiger partial charge in [-0.15, -0.1) is 0 Å². The van der Waals surface area contributed by atoms with Gasteiger partial charge in [0, 0.05) is 12.5 Å². The molecule has 6 heteroatoms. The van der Waals surface area contributed by atoms with E-state index in [-0.39, 0.29) is 17.9 Å². The minimum atomic E-state index is -1.11. The van der Waals surface area contributed by atoms with E-state index in [2.05, 4.69) is 5.43 Å². The molecule has 82 valence electrons. The van der Waals surface area contributed by atoms with Gasteiger partial charge in [0.2, 0.25) is 0 Å². The largest absolute Gasteiger partial charge is 0.508 e. The van der Waals surface area contributed by atoms with Crippen LogP contribution in [0.3, 0.4) is 0 Å². The summed E-state index contributed by atoms with van der Waals surface area (Å²) in [7, 11) is 0. The van der Waals surface area contributed by atoms with E-state index in [0.717, 1.165) is 6.07 Å². The van der Waals surface area contributed by atoms with Crippen molar-refractivity contribution in [3.63, 3.8) is 0 Å². The number of aromatic hydroxyl groups is 2. The van der Waals surface area contributed by atoms with Gasteiger partial charge < -0.3 is 15.3 Å². The number of carbonyl (C=O) groups is 1. The summed E-state index contributed by atoms with van der Waals surface area (Å²) >= 11 is 0. The van der Waals surface area contributed by atoms with Gasteiger partial charge in [-0.05, 0) is 11.6 Å². The third kappa shape index (κ3) is 2.83. The van der Waals surface area contributed by atoms with Crippen molar-refractivity contribution in [1.29, 1.82) is 0 Å². The Morgan fingerprint density at radius 3 is 2.60 bits per heavy atom. The number of phenolic OH excluding ortho intramolecular Hbond substituents is 2. The highest BCUT2D eigenvalue weighted by atomic mass is 16.4. The van der Waals surface area contributed by atoms with Crippen molar-refractivity contribution in [2.24, 2.45) is 5.84 Å². The fourth-order valence-corrected chi connectivity index (χ4v) is 1.16. The molecule has 0 amide bonds. The third-order valence-corrected chi connectivity index (χ3v) is 1.99. The summed E-state index contributed by atoms with van der Waals surface area (Å²) < 4.78 is 0. The molecule has 6 nitrogen and oxygen atoms in total. The Hall–Kier alpha value is -1.79. The second-order valence-corrected chi connectivity index (χ2v) is 3.07. The first-order valence-corrected chi connectivity index (χ1v) is 4.24. The second kappa shape index (κ2) is 4.63. The number of nitrogens with two attached hydrogens (primary N) is 1. The van der Waals surface area contributed by atoms with E-state index < -0.39 is 12.0 Å². The number of hydrogen-bond acceptors (Lipinski definition) is 5. The van der Waals surface area contributed by atoms with Crippen molar-refractivity contribution < 1.29 is 20.1 Å². The number of hydrogen-bond donors (Lipinski definition) is 5. The molecule has 1 aromatic rings. The van der Waals surface area contributed by atoms with Crippen molar-refractivity contribution >= 4 is 5.97 Å². The Morgan fingerprint density at radius 1 is 1.47 bits per heavy atom. The lowest BCUT2D eigenvalue weighted by Crippen LogP contribution is -2.42. The minimum Gasteiger partial charge on any atom is -0.508 e. The van der Waals surface area contributed by atoms with E-state index in [1.807, 2.05) is 0 Å². The van der Waals surface area contributed by atoms with Gasteiger partial charge >= 0.3 is 5.97 Å². The van der Waals surface area contributed by atoms with Gasteiger partial charge in [-0.3, -0.25) is 10.6 Å². The summed E-state index contributed by atoms with van der Waals surface area (Å²) in [6, 6.07) is 2.98. The molecule has 0 aliphatic carbocycles. The second-order valence-electron chi connectivity index (χ2n) is 3.07. The lowest BCUT2D eigenvalue weighted by molar-refractivity contribution is -0.139. The van der Waals surface area contributed by atoms with Crippen LogP contribution in [0.5, 0.6) is 11.5 Å². The summed E-state index contributed by atoms with van der Waals surface area (Å²) in [6.45, 7) is 0. The van der Waals surface area contributed by atoms with Crippen LogP contribution in [0, 0.1) is 0 Å². The zero-order valence-electron chi connectivity index (χ0n) is 7.84. The van der Waals surface area contributed by atoms with E-state index in [1.165, 1.54) is 12.1 Å². The number of nitrogens with one attached hydrogen (secondary N) is 1. The van der Waals surface area contributed by atoms with Gasteiger partial charge in [0.05, 0.1) is 0 Å². The molecule has 0 spiro atoms. The van der Waals surface area contributed by atoms with Gasteiger partial charge in [0.25, 0.3) is 0 Å². The summed E-state index contributed by atoms with van der Waals surface area (Å²) in [4.78, 5) is 10.6. The smallest absolute Gasteiger partial charge is 0.322 e. The number of rotatable bonds is 4. The van der Waals surface area contributed by atoms with Crippen molar-refractivity contribution in [3.05, 3.63) is 23.8 Å². The molecule has 6 N–H and O–H groups in total. The zero-order chi connectivity index (χ0) is 11.4. The van der Waals surface area contributed by atoms with Crippen LogP contribution < -0.4 is 11.3 Å². The van der Waals surface area contributed by atoms with E-state index >= 15 is 0 Å². The Bertz CT molecular complexity index is 367. The molecule has 0 unspecified atom stereocenters. The van der Waals surface area contributed by atoms with Gasteiger partial charge in [-0.25, -0.2) is 5.43 Å². The van der Waals surface area contributed by atoms with Gasteiger partial charge in [-0.1, -0.05) is 6.07 Å². The predicted molar refractivity (Wildman–Crippen MR) is 52.2 cm³/mol. The molecular weight excluding hydrogens is 200 g/mol. The number of phenols is 2. The quantitative estimate of drug-likeness (QED) is 0.341. The highest BCUT2D eigenvalue weighted by molar-refractivity contribution is 5.74. The molecule has 15 heavy (non-hydrogen) atoms. The number of carboxylic acids is 1. The predicted octanol–water partition coefficient (Wildman–Crippen LogP) is -0.443. The molecule has 1 atom stereocenters. The highest BCUT2D eigenvalue weighted by Gasteiger charge is 2.17. The maximum atomic E-state index is 10.6. The summed E-state index contributed by atoms with van der Waals surface area (Å²) in [5.74, 6) is 3.70. The topological polar surface area (TPSA) is 116 Å². The van der Waals surface area contributed by atoms with Crippen LogP contribution >= 0.6 is 0 Å². The molecule has 0 saturated heterocycles. The van der Waals surface area contributed by atoms with Crippen LogP contribution in [0.15, 0.2) is 18.2 Å². The molecule has 0 fully saturated rings. The first-order valence-electron chi connectivity index (χ1n) is 4.24. The Labute approximate surface area is 85.9 Å². The molecular formula is C9H12N2O4. The number of hydrazine groups is 1. The van der Waals surface area contributed by atoms with Gasteiger partial charge in [-0.2, -0.15) is 0 Å². The van der Waals surface area contributed by atoms with Crippen molar-refractivity contribution in [2.45, 2.75) is 12.5 Å². The number of carboxylic acid groups (broad SMARTS) is 1. The summed E-state index contributed by atoms with van der Waals surface area (Å²) in [5.41, 5.74) is 2.52. The van der Waals surface area contributed by atoms with Gasteiger partial charge in [0.15, 0.2) is 0 Å². The molecule has 0 radical (unpaired) electrons. The maximum absolute atomic E-state index is 10.6. The molecule has 0 bridgehead atoms. The molecule has 1 rings (SSSR count). The number of benzene rings is 1. The SMILES string of the molecule is NN[C@@H](Cc1ccc(O)cc1O)C(=O)O. The van der Waals surface area contributed by atoms with Crippen LogP contribution in [0.2, 0.25) is 0 Å². The Balaban J connectivity index is 2.84. The minimum absolute atomic E-state index is 0.0396. The summed E-state index contributed by atoms with van der Waals surface area (Å²) in [6.07, 6.45) is 0.0396.